The summed E-state index contributed by atoms with van der Waals surface area (Å²) >= 11 is 0. The van der Waals surface area contributed by atoms with Gasteiger partial charge in [-0.25, -0.2) is 0 Å². The van der Waals surface area contributed by atoms with Crippen molar-refractivity contribution >= 4 is 27.6 Å². The van der Waals surface area contributed by atoms with Crippen LogP contribution in [0.5, 0.6) is 5.75 Å². The van der Waals surface area contributed by atoms with Crippen LogP contribution in [0.2, 0.25) is 0 Å². The Morgan fingerprint density at radius 1 is 0.969 bits per heavy atom. The molecule has 5 nitrogen and oxygen atoms in total. The lowest BCUT2D eigenvalue weighted by atomic mass is 9.99. The molecular weight excluding hydrogens is 400 g/mol. The van der Waals surface area contributed by atoms with Gasteiger partial charge >= 0.3 is 5.97 Å². The van der Waals surface area contributed by atoms with Gasteiger partial charge in [-0.1, -0.05) is 24.3 Å². The molecule has 0 bridgehead atoms. The number of carbonyl (C=O) groups is 1. The zero-order chi connectivity index (χ0) is 22.2. The average Bonchev–Trinajstić information content (AvgIpc) is 3.17. The molecule has 164 valence electrons. The number of hydrogen-bond donors (Lipinski definition) is 1. The van der Waals surface area contributed by atoms with Crippen molar-refractivity contribution in [3.63, 3.8) is 0 Å². The van der Waals surface area contributed by atoms with Crippen molar-refractivity contribution in [2.75, 3.05) is 13.1 Å². The fourth-order valence-electron chi connectivity index (χ4n) is 4.50. The molecule has 32 heavy (non-hydrogen) atoms. The van der Waals surface area contributed by atoms with E-state index in [2.05, 4.69) is 84.1 Å². The van der Waals surface area contributed by atoms with Gasteiger partial charge in [-0.15, -0.1) is 0 Å². The molecule has 0 amide bonds. The summed E-state index contributed by atoms with van der Waals surface area (Å²) < 4.78 is 8.37. The molecule has 0 unspecified atom stereocenters. The van der Waals surface area contributed by atoms with Crippen LogP contribution in [0.1, 0.15) is 31.0 Å². The Kier molecular flexibility index (Phi) is 5.35. The number of carboxylic acids is 1. The molecule has 1 N–H and O–H groups in total. The van der Waals surface area contributed by atoms with E-state index in [1.807, 2.05) is 6.07 Å². The van der Waals surface area contributed by atoms with Crippen molar-refractivity contribution in [2.24, 2.45) is 5.92 Å². The summed E-state index contributed by atoms with van der Waals surface area (Å²) in [6.45, 7) is 6.98. The monoisotopic (exact) mass is 428 g/mol. The zero-order valence-corrected chi connectivity index (χ0v) is 18.5. The lowest BCUT2D eigenvalue weighted by Crippen LogP contribution is -2.49. The van der Waals surface area contributed by atoms with E-state index in [1.54, 1.807) is 0 Å². The molecule has 4 aromatic rings. The molecule has 0 atom stereocenters. The van der Waals surface area contributed by atoms with E-state index < -0.39 is 5.97 Å². The Hall–Kier alpha value is -3.31. The minimum atomic E-state index is -0.693. The van der Waals surface area contributed by atoms with Crippen molar-refractivity contribution in [1.29, 1.82) is 0 Å². The summed E-state index contributed by atoms with van der Waals surface area (Å²) in [5.74, 6) is -0.0516. The molecule has 1 saturated heterocycles. The second kappa shape index (κ2) is 8.32. The molecule has 5 heteroatoms. The molecule has 1 aliphatic rings. The predicted octanol–water partition coefficient (Wildman–Crippen LogP) is 5.47. The summed E-state index contributed by atoms with van der Waals surface area (Å²) in [5.41, 5.74) is 3.61. The zero-order valence-electron chi connectivity index (χ0n) is 18.5. The first-order valence-corrected chi connectivity index (χ1v) is 11.2. The largest absolute Gasteiger partial charge is 0.489 e. The van der Waals surface area contributed by atoms with E-state index >= 15 is 0 Å². The third-order valence-corrected chi connectivity index (χ3v) is 6.34. The highest BCUT2D eigenvalue weighted by Crippen LogP contribution is 2.26. The Labute approximate surface area is 187 Å². The maximum Gasteiger partial charge on any atom is 0.309 e. The fourth-order valence-corrected chi connectivity index (χ4v) is 4.50. The number of hydrogen-bond acceptors (Lipinski definition) is 3. The molecule has 1 fully saturated rings. The van der Waals surface area contributed by atoms with Gasteiger partial charge in [0.15, 0.2) is 0 Å². The highest BCUT2D eigenvalue weighted by molar-refractivity contribution is 5.84. The minimum Gasteiger partial charge on any atom is -0.489 e. The number of fused-ring (bicyclic) bond motifs is 2. The van der Waals surface area contributed by atoms with E-state index in [4.69, 9.17) is 9.84 Å². The Bertz CT molecular complexity index is 1280. The normalized spacial score (nSPS) is 14.8. The van der Waals surface area contributed by atoms with E-state index in [9.17, 15) is 4.79 Å². The first-order chi connectivity index (χ1) is 15.5. The second-order valence-corrected chi connectivity index (χ2v) is 9.07. The van der Waals surface area contributed by atoms with Crippen LogP contribution in [-0.4, -0.2) is 33.6 Å². The van der Waals surface area contributed by atoms with Gasteiger partial charge in [0.1, 0.15) is 12.4 Å². The molecule has 0 saturated carbocycles. The summed E-state index contributed by atoms with van der Waals surface area (Å²) in [6, 6.07) is 21.7. The van der Waals surface area contributed by atoms with Crippen molar-refractivity contribution in [3.8, 4) is 5.75 Å². The molecule has 2 heterocycles. The highest BCUT2D eigenvalue weighted by Gasteiger charge is 2.32. The van der Waals surface area contributed by atoms with Gasteiger partial charge in [0.05, 0.1) is 5.92 Å². The average molecular weight is 429 g/mol. The summed E-state index contributed by atoms with van der Waals surface area (Å²) in [6.07, 6.45) is 2.14. The molecule has 1 aliphatic heterocycles. The Balaban J connectivity index is 1.24. The van der Waals surface area contributed by atoms with Crippen LogP contribution >= 0.6 is 0 Å². The molecule has 3 aromatic carbocycles. The highest BCUT2D eigenvalue weighted by atomic mass is 16.5. The van der Waals surface area contributed by atoms with Crippen LogP contribution < -0.4 is 4.74 Å². The third kappa shape index (κ3) is 4.08. The lowest BCUT2D eigenvalue weighted by molar-refractivity contribution is -0.147. The first kappa shape index (κ1) is 20.6. The van der Waals surface area contributed by atoms with Crippen LogP contribution in [0, 0.1) is 5.92 Å². The maximum absolute atomic E-state index is 11.0. The molecule has 0 aliphatic carbocycles. The summed E-state index contributed by atoms with van der Waals surface area (Å²) in [4.78, 5) is 13.1. The van der Waals surface area contributed by atoms with Crippen LogP contribution in [0.3, 0.4) is 0 Å². The first-order valence-electron chi connectivity index (χ1n) is 11.2. The molecule has 1 aromatic heterocycles. The number of carboxylic acid groups (broad SMARTS) is 1. The van der Waals surface area contributed by atoms with Gasteiger partial charge in [-0.2, -0.15) is 0 Å². The molecule has 0 spiro atoms. The van der Waals surface area contributed by atoms with Crippen LogP contribution in [0.25, 0.3) is 21.7 Å². The van der Waals surface area contributed by atoms with Gasteiger partial charge < -0.3 is 14.4 Å². The van der Waals surface area contributed by atoms with Crippen LogP contribution in [-0.2, 0) is 17.9 Å². The molecular formula is C27H28N2O3. The van der Waals surface area contributed by atoms with E-state index in [-0.39, 0.29) is 5.92 Å². The topological polar surface area (TPSA) is 54.7 Å². The third-order valence-electron chi connectivity index (χ3n) is 6.34. The smallest absolute Gasteiger partial charge is 0.309 e. The van der Waals surface area contributed by atoms with Crippen molar-refractivity contribution in [2.45, 2.75) is 33.0 Å². The second-order valence-electron chi connectivity index (χ2n) is 9.07. The van der Waals surface area contributed by atoms with Crippen molar-refractivity contribution in [3.05, 3.63) is 78.0 Å². The number of ether oxygens (including phenoxy) is 1. The van der Waals surface area contributed by atoms with Gasteiger partial charge in [0.2, 0.25) is 0 Å². The van der Waals surface area contributed by atoms with Gasteiger partial charge in [-0.3, -0.25) is 9.69 Å². The summed E-state index contributed by atoms with van der Waals surface area (Å²) in [7, 11) is 0. The number of aliphatic carboxylic acids is 1. The number of likely N-dealkylation sites (tertiary alicyclic amines) is 1. The standard InChI is InChI=1S/C27H28N2O3/c1-18(2)29-10-9-23-12-20(4-8-26(23)29)17-32-25-7-6-21-11-19(3-5-22(21)13-25)14-28-15-24(16-28)27(30)31/h3-13,18,24H,14-17H2,1-2H3,(H,30,31). The maximum atomic E-state index is 11.0. The van der Waals surface area contributed by atoms with Gasteiger partial charge in [0, 0.05) is 37.4 Å². The van der Waals surface area contributed by atoms with Crippen molar-refractivity contribution < 1.29 is 14.6 Å². The molecule has 0 radical (unpaired) electrons. The Morgan fingerprint density at radius 3 is 2.47 bits per heavy atom. The summed E-state index contributed by atoms with van der Waals surface area (Å²) in [5, 5.41) is 12.6. The van der Waals surface area contributed by atoms with Crippen LogP contribution in [0.15, 0.2) is 66.9 Å². The number of benzene rings is 3. The minimum absolute atomic E-state index is 0.217. The quantitative estimate of drug-likeness (QED) is 0.424. The van der Waals surface area contributed by atoms with Crippen molar-refractivity contribution in [1.82, 2.24) is 9.47 Å². The van der Waals surface area contributed by atoms with Crippen LogP contribution in [0.4, 0.5) is 0 Å². The van der Waals surface area contributed by atoms with E-state index in [0.29, 0.717) is 25.7 Å². The lowest BCUT2D eigenvalue weighted by Gasteiger charge is -2.36. The molecule has 5 rings (SSSR count). The number of rotatable bonds is 7. The fraction of sp³-hybridized carbons (Fsp3) is 0.296. The predicted molar refractivity (Wildman–Crippen MR) is 127 cm³/mol. The van der Waals surface area contributed by atoms with Gasteiger partial charge in [-0.05, 0) is 77.5 Å². The Morgan fingerprint density at radius 2 is 1.69 bits per heavy atom. The van der Waals surface area contributed by atoms with E-state index in [1.165, 1.54) is 21.9 Å². The number of aromatic nitrogens is 1. The van der Waals surface area contributed by atoms with E-state index in [0.717, 1.165) is 23.2 Å². The SMILES string of the molecule is CC(C)n1ccc2cc(COc3ccc4cc(CN5CC(C(=O)O)C5)ccc4c3)ccc21. The number of nitrogens with zero attached hydrogens (tertiary/aromatic N) is 2. The van der Waals surface area contributed by atoms with Gasteiger partial charge in [0.25, 0.3) is 0 Å².